The van der Waals surface area contributed by atoms with Crippen molar-refractivity contribution in [2.75, 3.05) is 0 Å². The molecule has 0 fully saturated rings. The quantitative estimate of drug-likeness (QED) is 0.732. The van der Waals surface area contributed by atoms with Crippen LogP contribution in [0.15, 0.2) is 12.1 Å². The highest BCUT2D eigenvalue weighted by Crippen LogP contribution is 2.18. The van der Waals surface area contributed by atoms with E-state index >= 15 is 0 Å². The predicted molar refractivity (Wildman–Crippen MR) is 63.4 cm³/mol. The van der Waals surface area contributed by atoms with Gasteiger partial charge in [0.05, 0.1) is 12.7 Å². The zero-order valence-electron chi connectivity index (χ0n) is 8.96. The van der Waals surface area contributed by atoms with Crippen LogP contribution in [0.25, 0.3) is 0 Å². The van der Waals surface area contributed by atoms with Crippen molar-refractivity contribution in [1.82, 2.24) is 4.98 Å². The molecular formula is C11H15Cl2NO. The van der Waals surface area contributed by atoms with Gasteiger partial charge in [0.1, 0.15) is 10.3 Å². The second kappa shape index (κ2) is 6.31. The molecule has 0 saturated carbocycles. The monoisotopic (exact) mass is 247 g/mol. The van der Waals surface area contributed by atoms with Crippen molar-refractivity contribution in [3.63, 3.8) is 0 Å². The summed E-state index contributed by atoms with van der Waals surface area (Å²) in [6.07, 6.45) is 2.42. The third kappa shape index (κ3) is 4.37. The Bertz CT molecular complexity index is 317. The third-order valence-corrected chi connectivity index (χ3v) is 2.65. The lowest BCUT2D eigenvalue weighted by atomic mass is 10.2. The zero-order chi connectivity index (χ0) is 11.3. The fraction of sp³-hybridized carbons (Fsp3) is 0.545. The SMILES string of the molecule is CCCC(C)OCc1ccc(Cl)nc1Cl. The maximum Gasteiger partial charge on any atom is 0.136 e. The zero-order valence-corrected chi connectivity index (χ0v) is 10.5. The molecule has 0 saturated heterocycles. The molecule has 0 aliphatic carbocycles. The summed E-state index contributed by atoms with van der Waals surface area (Å²) in [7, 11) is 0. The molecule has 0 aliphatic heterocycles. The topological polar surface area (TPSA) is 22.1 Å². The molecule has 4 heteroatoms. The normalized spacial score (nSPS) is 12.8. The van der Waals surface area contributed by atoms with E-state index in [1.54, 1.807) is 6.07 Å². The minimum absolute atomic E-state index is 0.252. The summed E-state index contributed by atoms with van der Waals surface area (Å²) in [6.45, 7) is 4.68. The van der Waals surface area contributed by atoms with Gasteiger partial charge < -0.3 is 4.74 Å². The van der Waals surface area contributed by atoms with E-state index in [1.165, 1.54) is 0 Å². The second-order valence-electron chi connectivity index (χ2n) is 3.49. The molecular weight excluding hydrogens is 233 g/mol. The summed E-state index contributed by atoms with van der Waals surface area (Å²) < 4.78 is 5.62. The average Bonchev–Trinajstić information content (AvgIpc) is 2.17. The van der Waals surface area contributed by atoms with Gasteiger partial charge in [-0.3, -0.25) is 0 Å². The smallest absolute Gasteiger partial charge is 0.136 e. The first-order valence-electron chi connectivity index (χ1n) is 5.06. The van der Waals surface area contributed by atoms with Crippen molar-refractivity contribution in [2.24, 2.45) is 0 Å². The summed E-state index contributed by atoms with van der Waals surface area (Å²) in [4.78, 5) is 3.95. The van der Waals surface area contributed by atoms with Gasteiger partial charge in [-0.15, -0.1) is 0 Å². The average molecular weight is 248 g/mol. The lowest BCUT2D eigenvalue weighted by Gasteiger charge is -2.12. The molecule has 1 aromatic rings. The van der Waals surface area contributed by atoms with Crippen molar-refractivity contribution in [2.45, 2.75) is 39.4 Å². The minimum Gasteiger partial charge on any atom is -0.374 e. The third-order valence-electron chi connectivity index (χ3n) is 2.11. The number of hydrogen-bond acceptors (Lipinski definition) is 2. The van der Waals surface area contributed by atoms with E-state index in [4.69, 9.17) is 27.9 Å². The van der Waals surface area contributed by atoms with Crippen LogP contribution in [0.1, 0.15) is 32.3 Å². The summed E-state index contributed by atoms with van der Waals surface area (Å²) in [5, 5.41) is 0.830. The van der Waals surface area contributed by atoms with E-state index in [2.05, 4.69) is 18.8 Å². The van der Waals surface area contributed by atoms with E-state index in [-0.39, 0.29) is 6.10 Å². The fourth-order valence-electron chi connectivity index (χ4n) is 1.27. The Kier molecular flexibility index (Phi) is 5.37. The molecule has 84 valence electrons. The van der Waals surface area contributed by atoms with Gasteiger partial charge in [0.25, 0.3) is 0 Å². The van der Waals surface area contributed by atoms with Crippen LogP contribution in [0.2, 0.25) is 10.3 Å². The Hall–Kier alpha value is -0.310. The summed E-state index contributed by atoms with van der Waals surface area (Å²) >= 11 is 11.6. The van der Waals surface area contributed by atoms with Gasteiger partial charge >= 0.3 is 0 Å². The largest absolute Gasteiger partial charge is 0.374 e. The van der Waals surface area contributed by atoms with Crippen LogP contribution in [0.3, 0.4) is 0 Å². The lowest BCUT2D eigenvalue weighted by Crippen LogP contribution is -2.07. The maximum atomic E-state index is 5.91. The molecule has 1 atom stereocenters. The van der Waals surface area contributed by atoms with E-state index in [0.717, 1.165) is 18.4 Å². The van der Waals surface area contributed by atoms with Crippen molar-refractivity contribution >= 4 is 23.2 Å². The molecule has 1 rings (SSSR count). The summed E-state index contributed by atoms with van der Waals surface area (Å²) in [5.41, 5.74) is 0.879. The molecule has 0 N–H and O–H groups in total. The van der Waals surface area contributed by atoms with Gasteiger partial charge in [-0.25, -0.2) is 4.98 Å². The maximum absolute atomic E-state index is 5.91. The van der Waals surface area contributed by atoms with Gasteiger partial charge in [-0.1, -0.05) is 42.6 Å². The van der Waals surface area contributed by atoms with Gasteiger partial charge in [-0.2, -0.15) is 0 Å². The molecule has 0 bridgehead atoms. The lowest BCUT2D eigenvalue weighted by molar-refractivity contribution is 0.0471. The predicted octanol–water partition coefficient (Wildman–Crippen LogP) is 4.09. The van der Waals surface area contributed by atoms with E-state index in [1.807, 2.05) is 6.07 Å². The first-order valence-corrected chi connectivity index (χ1v) is 5.81. The Balaban J connectivity index is 2.50. The Morgan fingerprint density at radius 3 is 2.73 bits per heavy atom. The molecule has 0 aromatic carbocycles. The molecule has 0 aliphatic rings. The van der Waals surface area contributed by atoms with Crippen LogP contribution in [0, 0.1) is 0 Å². The number of pyridine rings is 1. The first kappa shape index (κ1) is 12.8. The van der Waals surface area contributed by atoms with Crippen LogP contribution in [0.4, 0.5) is 0 Å². The van der Waals surface area contributed by atoms with Gasteiger partial charge in [0, 0.05) is 5.56 Å². The molecule has 1 heterocycles. The summed E-state index contributed by atoms with van der Waals surface area (Å²) in [5.74, 6) is 0. The van der Waals surface area contributed by atoms with Crippen LogP contribution in [0.5, 0.6) is 0 Å². The molecule has 1 aromatic heterocycles. The number of hydrogen-bond donors (Lipinski definition) is 0. The van der Waals surface area contributed by atoms with Crippen molar-refractivity contribution in [3.05, 3.63) is 28.0 Å². The standard InChI is InChI=1S/C11H15Cl2NO/c1-3-4-8(2)15-7-9-5-6-10(12)14-11(9)13/h5-6,8H,3-4,7H2,1-2H3. The molecule has 1 unspecified atom stereocenters. The number of aromatic nitrogens is 1. The van der Waals surface area contributed by atoms with Crippen molar-refractivity contribution < 1.29 is 4.74 Å². The number of ether oxygens (including phenoxy) is 1. The Morgan fingerprint density at radius 1 is 1.40 bits per heavy atom. The summed E-state index contributed by atoms with van der Waals surface area (Å²) in [6, 6.07) is 3.56. The van der Waals surface area contributed by atoms with Crippen molar-refractivity contribution in [1.29, 1.82) is 0 Å². The Labute approximate surface area is 101 Å². The van der Waals surface area contributed by atoms with Gasteiger partial charge in [0.15, 0.2) is 0 Å². The minimum atomic E-state index is 0.252. The highest BCUT2D eigenvalue weighted by molar-refractivity contribution is 6.32. The molecule has 0 amide bonds. The molecule has 15 heavy (non-hydrogen) atoms. The number of rotatable bonds is 5. The van der Waals surface area contributed by atoms with Crippen LogP contribution in [-0.2, 0) is 11.3 Å². The number of nitrogens with zero attached hydrogens (tertiary/aromatic N) is 1. The van der Waals surface area contributed by atoms with Crippen LogP contribution < -0.4 is 0 Å². The molecule has 0 spiro atoms. The Morgan fingerprint density at radius 2 is 2.13 bits per heavy atom. The van der Waals surface area contributed by atoms with Crippen LogP contribution in [-0.4, -0.2) is 11.1 Å². The molecule has 0 radical (unpaired) electrons. The van der Waals surface area contributed by atoms with E-state index < -0.39 is 0 Å². The van der Waals surface area contributed by atoms with Gasteiger partial charge in [-0.05, 0) is 19.4 Å². The molecule has 2 nitrogen and oxygen atoms in total. The number of halogens is 2. The van der Waals surface area contributed by atoms with Crippen molar-refractivity contribution in [3.8, 4) is 0 Å². The van der Waals surface area contributed by atoms with Gasteiger partial charge in [0.2, 0.25) is 0 Å². The highest BCUT2D eigenvalue weighted by Gasteiger charge is 2.05. The van der Waals surface area contributed by atoms with E-state index in [0.29, 0.717) is 16.9 Å². The fourth-order valence-corrected chi connectivity index (χ4v) is 1.67. The second-order valence-corrected chi connectivity index (χ2v) is 4.24. The first-order chi connectivity index (χ1) is 7.13. The van der Waals surface area contributed by atoms with Crippen LogP contribution >= 0.6 is 23.2 Å². The highest BCUT2D eigenvalue weighted by atomic mass is 35.5. The van der Waals surface area contributed by atoms with E-state index in [9.17, 15) is 0 Å².